The quantitative estimate of drug-likeness (QED) is 0.760. The number of benzene rings is 2. The van der Waals surface area contributed by atoms with Gasteiger partial charge in [0.1, 0.15) is 0 Å². The van der Waals surface area contributed by atoms with E-state index in [1.165, 1.54) is 0 Å². The van der Waals surface area contributed by atoms with Crippen LogP contribution in [0.2, 0.25) is 0 Å². The summed E-state index contributed by atoms with van der Waals surface area (Å²) >= 11 is 3.47. The van der Waals surface area contributed by atoms with Gasteiger partial charge in [0, 0.05) is 10.0 Å². The molecule has 0 aliphatic heterocycles. The van der Waals surface area contributed by atoms with Crippen LogP contribution < -0.4 is 16.8 Å². The van der Waals surface area contributed by atoms with E-state index in [-0.39, 0.29) is 0 Å². The molecule has 0 saturated heterocycles. The number of nitrogens with two attached hydrogens (primary N) is 2. The SMILES string of the molecule is Cc1ccc(Br)c(Nc2ccc(C(N)=O)cc2N)c1. The minimum Gasteiger partial charge on any atom is -0.397 e. The first-order valence-electron chi connectivity index (χ1n) is 5.70. The highest BCUT2D eigenvalue weighted by atomic mass is 79.9. The van der Waals surface area contributed by atoms with Crippen LogP contribution in [0.4, 0.5) is 17.1 Å². The van der Waals surface area contributed by atoms with Crippen LogP contribution in [-0.2, 0) is 0 Å². The molecule has 2 aromatic rings. The third kappa shape index (κ3) is 3.06. The van der Waals surface area contributed by atoms with Crippen LogP contribution in [0.1, 0.15) is 15.9 Å². The Labute approximate surface area is 119 Å². The Morgan fingerprint density at radius 2 is 1.89 bits per heavy atom. The maximum absolute atomic E-state index is 11.1. The van der Waals surface area contributed by atoms with Crippen molar-refractivity contribution in [2.45, 2.75) is 6.92 Å². The van der Waals surface area contributed by atoms with Crippen LogP contribution in [-0.4, -0.2) is 5.91 Å². The molecule has 0 radical (unpaired) electrons. The Kier molecular flexibility index (Phi) is 3.76. The van der Waals surface area contributed by atoms with Crippen molar-refractivity contribution in [1.29, 1.82) is 0 Å². The van der Waals surface area contributed by atoms with Crippen LogP contribution in [0, 0.1) is 6.92 Å². The van der Waals surface area contributed by atoms with Gasteiger partial charge in [-0.05, 0) is 58.7 Å². The fraction of sp³-hybridized carbons (Fsp3) is 0.0714. The first-order chi connectivity index (χ1) is 8.97. The molecule has 0 fully saturated rings. The third-order valence-electron chi connectivity index (χ3n) is 2.73. The van der Waals surface area contributed by atoms with Crippen molar-refractivity contribution in [3.05, 3.63) is 52.0 Å². The lowest BCUT2D eigenvalue weighted by molar-refractivity contribution is 0.100. The number of primary amides is 1. The molecule has 0 heterocycles. The Morgan fingerprint density at radius 1 is 1.16 bits per heavy atom. The predicted molar refractivity (Wildman–Crippen MR) is 81.5 cm³/mol. The summed E-state index contributed by atoms with van der Waals surface area (Å²) in [5, 5.41) is 3.22. The molecule has 1 amide bonds. The van der Waals surface area contributed by atoms with Crippen molar-refractivity contribution in [2.24, 2.45) is 5.73 Å². The average Bonchev–Trinajstić information content (AvgIpc) is 2.36. The van der Waals surface area contributed by atoms with E-state index >= 15 is 0 Å². The molecule has 0 atom stereocenters. The number of carbonyl (C=O) groups is 1. The monoisotopic (exact) mass is 319 g/mol. The first-order valence-corrected chi connectivity index (χ1v) is 6.49. The normalized spacial score (nSPS) is 10.2. The molecule has 0 aromatic heterocycles. The summed E-state index contributed by atoms with van der Waals surface area (Å²) in [5.74, 6) is -0.491. The molecule has 2 aromatic carbocycles. The summed E-state index contributed by atoms with van der Waals surface area (Å²) in [6, 6.07) is 10.9. The molecular formula is C14H14BrN3O. The molecule has 5 heteroatoms. The van der Waals surface area contributed by atoms with E-state index in [1.807, 2.05) is 25.1 Å². The van der Waals surface area contributed by atoms with E-state index in [1.54, 1.807) is 18.2 Å². The second kappa shape index (κ2) is 5.32. The van der Waals surface area contributed by atoms with Gasteiger partial charge in [-0.3, -0.25) is 4.79 Å². The van der Waals surface area contributed by atoms with Crippen LogP contribution in [0.25, 0.3) is 0 Å². The lowest BCUT2D eigenvalue weighted by Crippen LogP contribution is -2.11. The Morgan fingerprint density at radius 3 is 2.53 bits per heavy atom. The van der Waals surface area contributed by atoms with E-state index in [4.69, 9.17) is 11.5 Å². The topological polar surface area (TPSA) is 81.1 Å². The molecule has 0 aliphatic carbocycles. The maximum Gasteiger partial charge on any atom is 0.248 e. The Balaban J connectivity index is 2.33. The van der Waals surface area contributed by atoms with Crippen LogP contribution in [0.3, 0.4) is 0 Å². The van der Waals surface area contributed by atoms with Gasteiger partial charge in [0.25, 0.3) is 0 Å². The van der Waals surface area contributed by atoms with Crippen molar-refractivity contribution in [3.63, 3.8) is 0 Å². The minimum absolute atomic E-state index is 0.395. The smallest absolute Gasteiger partial charge is 0.248 e. The van der Waals surface area contributed by atoms with Gasteiger partial charge in [-0.1, -0.05) is 6.07 Å². The molecule has 0 unspecified atom stereocenters. The number of halogens is 1. The minimum atomic E-state index is -0.491. The van der Waals surface area contributed by atoms with Gasteiger partial charge in [0.15, 0.2) is 0 Å². The molecule has 4 nitrogen and oxygen atoms in total. The van der Waals surface area contributed by atoms with E-state index in [0.29, 0.717) is 11.3 Å². The molecule has 19 heavy (non-hydrogen) atoms. The zero-order chi connectivity index (χ0) is 14.0. The average molecular weight is 320 g/mol. The summed E-state index contributed by atoms with van der Waals surface area (Å²) < 4.78 is 0.941. The molecule has 0 bridgehead atoms. The first kappa shape index (κ1) is 13.4. The van der Waals surface area contributed by atoms with Gasteiger partial charge < -0.3 is 16.8 Å². The summed E-state index contributed by atoms with van der Waals surface area (Å²) in [6.07, 6.45) is 0. The molecule has 0 spiro atoms. The molecule has 0 aliphatic rings. The largest absolute Gasteiger partial charge is 0.397 e. The van der Waals surface area contributed by atoms with Gasteiger partial charge in [-0.15, -0.1) is 0 Å². The standard InChI is InChI=1S/C14H14BrN3O/c1-8-2-4-10(15)13(6-8)18-12-5-3-9(14(17)19)7-11(12)16/h2-7,18H,16H2,1H3,(H2,17,19). The predicted octanol–water partition coefficient (Wildman–Crippen LogP) is 3.18. The summed E-state index contributed by atoms with van der Waals surface area (Å²) in [7, 11) is 0. The highest BCUT2D eigenvalue weighted by molar-refractivity contribution is 9.10. The van der Waals surface area contributed by atoms with Crippen molar-refractivity contribution in [2.75, 3.05) is 11.1 Å². The van der Waals surface area contributed by atoms with E-state index < -0.39 is 5.91 Å². The second-order valence-corrected chi connectivity index (χ2v) is 5.13. The summed E-state index contributed by atoms with van der Waals surface area (Å²) in [6.45, 7) is 2.01. The van der Waals surface area contributed by atoms with Crippen LogP contribution in [0.15, 0.2) is 40.9 Å². The number of carbonyl (C=O) groups excluding carboxylic acids is 1. The Bertz CT molecular complexity index is 641. The number of rotatable bonds is 3. The zero-order valence-electron chi connectivity index (χ0n) is 10.4. The van der Waals surface area contributed by atoms with E-state index in [9.17, 15) is 4.79 Å². The summed E-state index contributed by atoms with van der Waals surface area (Å²) in [4.78, 5) is 11.1. The summed E-state index contributed by atoms with van der Waals surface area (Å²) in [5.41, 5.74) is 14.8. The highest BCUT2D eigenvalue weighted by Gasteiger charge is 2.07. The number of amides is 1. The number of aryl methyl sites for hydroxylation is 1. The number of anilines is 3. The molecule has 98 valence electrons. The maximum atomic E-state index is 11.1. The van der Waals surface area contributed by atoms with Crippen molar-refractivity contribution in [3.8, 4) is 0 Å². The van der Waals surface area contributed by atoms with E-state index in [0.717, 1.165) is 21.4 Å². The van der Waals surface area contributed by atoms with Crippen molar-refractivity contribution >= 4 is 38.9 Å². The fourth-order valence-corrected chi connectivity index (χ4v) is 2.06. The van der Waals surface area contributed by atoms with Gasteiger partial charge in [-0.25, -0.2) is 0 Å². The van der Waals surface area contributed by atoms with Gasteiger partial charge >= 0.3 is 0 Å². The number of nitrogens with one attached hydrogen (secondary N) is 1. The lowest BCUT2D eigenvalue weighted by atomic mass is 10.1. The van der Waals surface area contributed by atoms with Crippen molar-refractivity contribution in [1.82, 2.24) is 0 Å². The highest BCUT2D eigenvalue weighted by Crippen LogP contribution is 2.29. The number of hydrogen-bond donors (Lipinski definition) is 3. The van der Waals surface area contributed by atoms with Gasteiger partial charge in [0.2, 0.25) is 5.91 Å². The molecular weight excluding hydrogens is 306 g/mol. The van der Waals surface area contributed by atoms with Crippen molar-refractivity contribution < 1.29 is 4.79 Å². The zero-order valence-corrected chi connectivity index (χ0v) is 12.0. The number of nitrogen functional groups attached to an aromatic ring is 1. The fourth-order valence-electron chi connectivity index (χ4n) is 1.71. The van der Waals surface area contributed by atoms with Gasteiger partial charge in [0.05, 0.1) is 17.1 Å². The third-order valence-corrected chi connectivity index (χ3v) is 3.42. The molecule has 2 rings (SSSR count). The second-order valence-electron chi connectivity index (χ2n) is 4.27. The van der Waals surface area contributed by atoms with Crippen LogP contribution >= 0.6 is 15.9 Å². The lowest BCUT2D eigenvalue weighted by Gasteiger charge is -2.12. The Hall–Kier alpha value is -2.01. The number of hydrogen-bond acceptors (Lipinski definition) is 3. The van der Waals surface area contributed by atoms with Crippen LogP contribution in [0.5, 0.6) is 0 Å². The molecule has 5 N–H and O–H groups in total. The van der Waals surface area contributed by atoms with Gasteiger partial charge in [-0.2, -0.15) is 0 Å². The van der Waals surface area contributed by atoms with E-state index in [2.05, 4.69) is 21.2 Å². The molecule has 0 saturated carbocycles.